The average molecular weight is 204 g/mol. The molecule has 76 valence electrons. The maximum Gasteiger partial charge on any atom is -0.00704 e. The fraction of sp³-hybridized carbons (Fsp3) is 0.125. The van der Waals surface area contributed by atoms with Crippen molar-refractivity contribution in [1.82, 2.24) is 0 Å². The Morgan fingerprint density at radius 3 is 1.56 bits per heavy atom. The normalized spacial score (nSPS) is 13.8. The van der Waals surface area contributed by atoms with E-state index in [-0.39, 0.29) is 0 Å². The number of rotatable bonds is 0. The van der Waals surface area contributed by atoms with E-state index in [4.69, 9.17) is 0 Å². The molecule has 0 amide bonds. The Kier molecular flexibility index (Phi) is 1.49. The molecule has 0 bridgehead atoms. The molecule has 0 saturated heterocycles. The molecular formula is C16H12. The van der Waals surface area contributed by atoms with E-state index in [1.807, 2.05) is 0 Å². The van der Waals surface area contributed by atoms with Crippen molar-refractivity contribution < 1.29 is 0 Å². The van der Waals surface area contributed by atoms with E-state index in [1.54, 1.807) is 0 Å². The van der Waals surface area contributed by atoms with Crippen LogP contribution in [0.15, 0.2) is 48.5 Å². The molecule has 4 rings (SSSR count). The van der Waals surface area contributed by atoms with Crippen molar-refractivity contribution >= 4 is 21.5 Å². The van der Waals surface area contributed by atoms with Gasteiger partial charge in [-0.3, -0.25) is 0 Å². The smallest absolute Gasteiger partial charge is 0.00704 e. The Morgan fingerprint density at radius 1 is 0.562 bits per heavy atom. The molecule has 16 heavy (non-hydrogen) atoms. The zero-order valence-electron chi connectivity index (χ0n) is 9.03. The van der Waals surface area contributed by atoms with Crippen LogP contribution in [0.1, 0.15) is 11.1 Å². The predicted molar refractivity (Wildman–Crippen MR) is 68.9 cm³/mol. The lowest BCUT2D eigenvalue weighted by Gasteiger charge is -2.18. The summed E-state index contributed by atoms with van der Waals surface area (Å²) in [5.41, 5.74) is 3.03. The molecule has 0 nitrogen and oxygen atoms in total. The third kappa shape index (κ3) is 0.943. The van der Waals surface area contributed by atoms with E-state index in [1.165, 1.54) is 45.5 Å². The van der Waals surface area contributed by atoms with E-state index in [9.17, 15) is 0 Å². The highest BCUT2D eigenvalue weighted by Gasteiger charge is 2.13. The van der Waals surface area contributed by atoms with Crippen molar-refractivity contribution in [3.8, 4) is 0 Å². The number of hydrogen-bond acceptors (Lipinski definition) is 0. The van der Waals surface area contributed by atoms with Crippen molar-refractivity contribution in [3.05, 3.63) is 59.7 Å². The second kappa shape index (κ2) is 2.85. The van der Waals surface area contributed by atoms with Crippen molar-refractivity contribution in [2.75, 3.05) is 0 Å². The summed E-state index contributed by atoms with van der Waals surface area (Å²) in [4.78, 5) is 0. The third-order valence-corrected chi connectivity index (χ3v) is 3.72. The lowest BCUT2D eigenvalue weighted by Crippen LogP contribution is -2.00. The summed E-state index contributed by atoms with van der Waals surface area (Å²) in [7, 11) is 0. The first kappa shape index (κ1) is 8.35. The molecular weight excluding hydrogens is 192 g/mol. The van der Waals surface area contributed by atoms with E-state index in [2.05, 4.69) is 48.5 Å². The van der Waals surface area contributed by atoms with Crippen LogP contribution in [0.25, 0.3) is 21.5 Å². The van der Waals surface area contributed by atoms with E-state index in [0.717, 1.165) is 0 Å². The van der Waals surface area contributed by atoms with Crippen LogP contribution in [0.3, 0.4) is 0 Å². The van der Waals surface area contributed by atoms with E-state index < -0.39 is 0 Å². The fourth-order valence-corrected chi connectivity index (χ4v) is 2.99. The summed E-state index contributed by atoms with van der Waals surface area (Å²) in [6.45, 7) is 0. The van der Waals surface area contributed by atoms with Crippen LogP contribution in [0, 0.1) is 0 Å². The SMILES string of the molecule is c1cc2c3c(c1)ccc1cccc(c13)CC2. The maximum atomic E-state index is 2.28. The molecule has 0 aliphatic heterocycles. The van der Waals surface area contributed by atoms with Gasteiger partial charge >= 0.3 is 0 Å². The van der Waals surface area contributed by atoms with Gasteiger partial charge in [0.25, 0.3) is 0 Å². The quantitative estimate of drug-likeness (QED) is 0.484. The number of aryl methyl sites for hydroxylation is 2. The van der Waals surface area contributed by atoms with Gasteiger partial charge in [-0.15, -0.1) is 0 Å². The third-order valence-electron chi connectivity index (χ3n) is 3.72. The molecule has 0 unspecified atom stereocenters. The van der Waals surface area contributed by atoms with Gasteiger partial charge in [0.1, 0.15) is 0 Å². The highest BCUT2D eigenvalue weighted by molar-refractivity contribution is 6.11. The minimum absolute atomic E-state index is 1.19. The van der Waals surface area contributed by atoms with Crippen LogP contribution >= 0.6 is 0 Å². The first-order valence-corrected chi connectivity index (χ1v) is 5.86. The lowest BCUT2D eigenvalue weighted by molar-refractivity contribution is 0.968. The first-order valence-electron chi connectivity index (χ1n) is 5.86. The van der Waals surface area contributed by atoms with Gasteiger partial charge in [-0.05, 0) is 45.5 Å². The zero-order valence-corrected chi connectivity index (χ0v) is 9.03. The van der Waals surface area contributed by atoms with Gasteiger partial charge in [0.05, 0.1) is 0 Å². The molecule has 1 aliphatic carbocycles. The Balaban J connectivity index is 2.40. The Bertz CT molecular complexity index is 645. The summed E-state index contributed by atoms with van der Waals surface area (Å²) < 4.78 is 0. The van der Waals surface area contributed by atoms with Crippen LogP contribution in [0.2, 0.25) is 0 Å². The molecule has 3 aromatic carbocycles. The van der Waals surface area contributed by atoms with E-state index in [0.29, 0.717) is 0 Å². The van der Waals surface area contributed by atoms with Gasteiger partial charge in [0.15, 0.2) is 0 Å². The Labute approximate surface area is 94.5 Å². The standard InChI is InChI=1S/C16H12/c1-3-11-7-9-13-5-2-6-14-10-8-12(4-1)15(11)16(13)14/h1-7,9H,8,10H2. The van der Waals surface area contributed by atoms with Crippen LogP contribution in [-0.2, 0) is 12.8 Å². The molecule has 1 aliphatic rings. The first-order chi connectivity index (χ1) is 7.93. The van der Waals surface area contributed by atoms with Crippen molar-refractivity contribution in [3.63, 3.8) is 0 Å². The second-order valence-corrected chi connectivity index (χ2v) is 4.60. The van der Waals surface area contributed by atoms with Gasteiger partial charge in [-0.25, -0.2) is 0 Å². The van der Waals surface area contributed by atoms with Gasteiger partial charge in [-0.1, -0.05) is 48.5 Å². The Hall–Kier alpha value is -1.82. The van der Waals surface area contributed by atoms with Crippen molar-refractivity contribution in [2.24, 2.45) is 0 Å². The average Bonchev–Trinajstić information content (AvgIpc) is 2.36. The van der Waals surface area contributed by atoms with Gasteiger partial charge in [0, 0.05) is 0 Å². The minimum Gasteiger partial charge on any atom is -0.0614 e. The molecule has 0 heteroatoms. The van der Waals surface area contributed by atoms with Crippen molar-refractivity contribution in [2.45, 2.75) is 12.8 Å². The van der Waals surface area contributed by atoms with Gasteiger partial charge in [0.2, 0.25) is 0 Å². The second-order valence-electron chi connectivity index (χ2n) is 4.60. The summed E-state index contributed by atoms with van der Waals surface area (Å²) in [5, 5.41) is 5.75. The van der Waals surface area contributed by atoms with Crippen LogP contribution in [0.5, 0.6) is 0 Å². The molecule has 3 aromatic rings. The molecule has 0 N–H and O–H groups in total. The topological polar surface area (TPSA) is 0 Å². The Morgan fingerprint density at radius 2 is 1.06 bits per heavy atom. The minimum atomic E-state index is 1.19. The summed E-state index contributed by atoms with van der Waals surface area (Å²) in [6, 6.07) is 17.8. The molecule has 0 spiro atoms. The van der Waals surface area contributed by atoms with Crippen LogP contribution in [-0.4, -0.2) is 0 Å². The summed E-state index contributed by atoms with van der Waals surface area (Å²) in [6.07, 6.45) is 2.38. The number of hydrogen-bond donors (Lipinski definition) is 0. The molecule has 0 radical (unpaired) electrons. The molecule has 0 aromatic heterocycles. The zero-order chi connectivity index (χ0) is 10.5. The molecule has 0 fully saturated rings. The summed E-state index contributed by atoms with van der Waals surface area (Å²) in [5.74, 6) is 0. The largest absolute Gasteiger partial charge is 0.0614 e. The van der Waals surface area contributed by atoms with E-state index >= 15 is 0 Å². The maximum absolute atomic E-state index is 2.28. The highest BCUT2D eigenvalue weighted by atomic mass is 14.2. The lowest BCUT2D eigenvalue weighted by atomic mass is 9.86. The predicted octanol–water partition coefficient (Wildman–Crippen LogP) is 4.09. The highest BCUT2D eigenvalue weighted by Crippen LogP contribution is 2.35. The fourth-order valence-electron chi connectivity index (χ4n) is 2.99. The molecule has 0 heterocycles. The monoisotopic (exact) mass is 204 g/mol. The van der Waals surface area contributed by atoms with Crippen molar-refractivity contribution in [1.29, 1.82) is 0 Å². The summed E-state index contributed by atoms with van der Waals surface area (Å²) >= 11 is 0. The molecule has 0 atom stereocenters. The molecule has 0 saturated carbocycles. The van der Waals surface area contributed by atoms with Gasteiger partial charge in [-0.2, -0.15) is 0 Å². The van der Waals surface area contributed by atoms with Crippen LogP contribution < -0.4 is 0 Å². The number of benzene rings is 3. The van der Waals surface area contributed by atoms with Gasteiger partial charge < -0.3 is 0 Å². The van der Waals surface area contributed by atoms with Crippen LogP contribution in [0.4, 0.5) is 0 Å².